The van der Waals surface area contributed by atoms with Crippen LogP contribution in [-0.2, 0) is 6.18 Å². The third kappa shape index (κ3) is 5.44. The fraction of sp³-hybridized carbons (Fsp3) is 0.200. The summed E-state index contributed by atoms with van der Waals surface area (Å²) in [7, 11) is 0. The topological polar surface area (TPSA) is 42.0 Å². The van der Waals surface area contributed by atoms with Gasteiger partial charge in [0, 0.05) is 28.4 Å². The molecule has 0 saturated heterocycles. The van der Waals surface area contributed by atoms with Crippen LogP contribution in [-0.4, -0.2) is 23.2 Å². The first-order chi connectivity index (χ1) is 10.9. The molecule has 1 heterocycles. The molecular weight excluding hydrogens is 349 g/mol. The second-order valence-corrected chi connectivity index (χ2v) is 6.09. The maximum atomic E-state index is 12.4. The van der Waals surface area contributed by atoms with E-state index in [2.05, 4.69) is 10.3 Å². The van der Waals surface area contributed by atoms with Crippen molar-refractivity contribution in [2.24, 2.45) is 0 Å². The summed E-state index contributed by atoms with van der Waals surface area (Å²) in [6, 6.07) is 9.19. The van der Waals surface area contributed by atoms with Gasteiger partial charge in [0.25, 0.3) is 5.91 Å². The highest BCUT2D eigenvalue weighted by Crippen LogP contribution is 2.27. The highest BCUT2D eigenvalue weighted by atomic mass is 35.5. The molecule has 0 aliphatic rings. The van der Waals surface area contributed by atoms with Gasteiger partial charge in [-0.05, 0) is 36.4 Å². The number of aromatic nitrogens is 1. The summed E-state index contributed by atoms with van der Waals surface area (Å²) in [5, 5.41) is 3.28. The lowest BCUT2D eigenvalue weighted by atomic mass is 10.2. The maximum Gasteiger partial charge on any atom is 0.433 e. The Bertz CT molecular complexity index is 660. The summed E-state index contributed by atoms with van der Waals surface area (Å²) in [6.07, 6.45) is -3.59. The predicted molar refractivity (Wildman–Crippen MR) is 83.7 cm³/mol. The summed E-state index contributed by atoms with van der Waals surface area (Å²) in [6.45, 7) is 0.382. The van der Waals surface area contributed by atoms with Crippen molar-refractivity contribution >= 4 is 29.3 Å². The van der Waals surface area contributed by atoms with E-state index in [9.17, 15) is 18.0 Å². The number of carbonyl (C=O) groups is 1. The van der Waals surface area contributed by atoms with Crippen molar-refractivity contribution in [1.29, 1.82) is 0 Å². The highest BCUT2D eigenvalue weighted by Gasteiger charge is 2.32. The second-order valence-electron chi connectivity index (χ2n) is 4.49. The monoisotopic (exact) mass is 360 g/mol. The van der Waals surface area contributed by atoms with E-state index in [1.54, 1.807) is 12.1 Å². The number of pyridine rings is 1. The van der Waals surface area contributed by atoms with Crippen LogP contribution in [0.15, 0.2) is 47.5 Å². The van der Waals surface area contributed by atoms with Crippen molar-refractivity contribution in [2.45, 2.75) is 11.1 Å². The molecule has 0 spiro atoms. The number of benzene rings is 1. The molecule has 1 amide bonds. The number of hydrogen-bond donors (Lipinski definition) is 1. The molecular formula is C15H12ClF3N2OS. The lowest BCUT2D eigenvalue weighted by Gasteiger charge is -2.07. The van der Waals surface area contributed by atoms with Gasteiger partial charge < -0.3 is 5.32 Å². The molecule has 23 heavy (non-hydrogen) atoms. The first kappa shape index (κ1) is 17.6. The van der Waals surface area contributed by atoms with E-state index in [1.807, 2.05) is 12.1 Å². The summed E-state index contributed by atoms with van der Waals surface area (Å²) in [5.74, 6) is 0.171. The van der Waals surface area contributed by atoms with Gasteiger partial charge in [-0.15, -0.1) is 11.8 Å². The fourth-order valence-electron chi connectivity index (χ4n) is 1.66. The fourth-order valence-corrected chi connectivity index (χ4v) is 2.56. The van der Waals surface area contributed by atoms with E-state index < -0.39 is 17.8 Å². The van der Waals surface area contributed by atoms with E-state index in [0.29, 0.717) is 17.3 Å². The van der Waals surface area contributed by atoms with Crippen LogP contribution in [0.4, 0.5) is 13.2 Å². The largest absolute Gasteiger partial charge is 0.433 e. The number of nitrogens with zero attached hydrogens (tertiary/aromatic N) is 1. The summed E-state index contributed by atoms with van der Waals surface area (Å²) in [4.78, 5) is 16.1. The Labute approximate surface area is 140 Å². The molecule has 1 aromatic heterocycles. The molecule has 122 valence electrons. The van der Waals surface area contributed by atoms with Gasteiger partial charge in [0.15, 0.2) is 0 Å². The molecule has 1 N–H and O–H groups in total. The number of halogens is 4. The summed E-state index contributed by atoms with van der Waals surface area (Å²) in [5.41, 5.74) is -0.929. The molecule has 0 saturated carbocycles. The normalized spacial score (nSPS) is 11.3. The lowest BCUT2D eigenvalue weighted by Crippen LogP contribution is -2.26. The first-order valence-electron chi connectivity index (χ1n) is 6.56. The van der Waals surface area contributed by atoms with Gasteiger partial charge in [-0.1, -0.05) is 11.6 Å². The minimum absolute atomic E-state index is 0.0921. The number of amides is 1. The van der Waals surface area contributed by atoms with Gasteiger partial charge in [-0.3, -0.25) is 9.78 Å². The number of alkyl halides is 3. The minimum atomic E-state index is -4.51. The smallest absolute Gasteiger partial charge is 0.351 e. The molecule has 2 rings (SSSR count). The van der Waals surface area contributed by atoms with Crippen molar-refractivity contribution in [2.75, 3.05) is 12.3 Å². The Morgan fingerprint density at radius 1 is 1.17 bits per heavy atom. The summed E-state index contributed by atoms with van der Waals surface area (Å²) >= 11 is 7.31. The molecule has 3 nitrogen and oxygen atoms in total. The van der Waals surface area contributed by atoms with Gasteiger partial charge in [0.2, 0.25) is 0 Å². The summed E-state index contributed by atoms with van der Waals surface area (Å²) < 4.78 is 37.1. The second kappa shape index (κ2) is 7.70. The van der Waals surface area contributed by atoms with Crippen LogP contribution >= 0.6 is 23.4 Å². The molecule has 0 atom stereocenters. The predicted octanol–water partition coefficient (Wildman–Crippen LogP) is 4.28. The van der Waals surface area contributed by atoms with E-state index in [1.165, 1.54) is 11.8 Å². The average Bonchev–Trinajstić information content (AvgIpc) is 2.52. The van der Waals surface area contributed by atoms with Gasteiger partial charge >= 0.3 is 6.18 Å². The van der Waals surface area contributed by atoms with Crippen molar-refractivity contribution in [3.05, 3.63) is 58.9 Å². The third-order valence-electron chi connectivity index (χ3n) is 2.79. The Morgan fingerprint density at radius 2 is 1.87 bits per heavy atom. The Hall–Kier alpha value is -1.73. The van der Waals surface area contributed by atoms with Crippen LogP contribution in [0.1, 0.15) is 16.1 Å². The van der Waals surface area contributed by atoms with Crippen LogP contribution in [0.3, 0.4) is 0 Å². The van der Waals surface area contributed by atoms with Crippen LogP contribution in [0, 0.1) is 0 Å². The lowest BCUT2D eigenvalue weighted by molar-refractivity contribution is -0.141. The average molecular weight is 361 g/mol. The van der Waals surface area contributed by atoms with Crippen LogP contribution < -0.4 is 5.32 Å². The Kier molecular flexibility index (Phi) is 5.90. The molecule has 0 unspecified atom stereocenters. The molecule has 1 aromatic carbocycles. The number of nitrogens with one attached hydrogen (secondary N) is 1. The quantitative estimate of drug-likeness (QED) is 0.639. The van der Waals surface area contributed by atoms with Gasteiger partial charge in [0.1, 0.15) is 5.69 Å². The zero-order valence-electron chi connectivity index (χ0n) is 11.7. The van der Waals surface area contributed by atoms with Gasteiger partial charge in [-0.25, -0.2) is 0 Å². The van der Waals surface area contributed by atoms with E-state index >= 15 is 0 Å². The van der Waals surface area contributed by atoms with E-state index in [-0.39, 0.29) is 5.56 Å². The zero-order chi connectivity index (χ0) is 16.9. The molecule has 0 aliphatic carbocycles. The first-order valence-corrected chi connectivity index (χ1v) is 7.92. The van der Waals surface area contributed by atoms with Crippen LogP contribution in [0.5, 0.6) is 0 Å². The third-order valence-corrected chi connectivity index (χ3v) is 4.05. The maximum absolute atomic E-state index is 12.4. The van der Waals surface area contributed by atoms with Gasteiger partial charge in [-0.2, -0.15) is 13.2 Å². The van der Waals surface area contributed by atoms with Gasteiger partial charge in [0.05, 0.1) is 5.56 Å². The number of hydrogen-bond acceptors (Lipinski definition) is 3. The van der Waals surface area contributed by atoms with Crippen LogP contribution in [0.2, 0.25) is 5.02 Å². The van der Waals surface area contributed by atoms with E-state index in [0.717, 1.165) is 23.2 Å². The minimum Gasteiger partial charge on any atom is -0.351 e. The van der Waals surface area contributed by atoms with Crippen molar-refractivity contribution in [3.63, 3.8) is 0 Å². The molecule has 0 aliphatic heterocycles. The number of rotatable bonds is 5. The van der Waals surface area contributed by atoms with Crippen molar-refractivity contribution < 1.29 is 18.0 Å². The molecule has 0 bridgehead atoms. The van der Waals surface area contributed by atoms with E-state index in [4.69, 9.17) is 11.6 Å². The Morgan fingerprint density at radius 3 is 2.43 bits per heavy atom. The van der Waals surface area contributed by atoms with Crippen molar-refractivity contribution in [3.8, 4) is 0 Å². The van der Waals surface area contributed by atoms with Crippen LogP contribution in [0.25, 0.3) is 0 Å². The Balaban J connectivity index is 1.79. The number of thioether (sulfide) groups is 1. The van der Waals surface area contributed by atoms with Crippen molar-refractivity contribution in [1.82, 2.24) is 10.3 Å². The molecule has 0 fully saturated rings. The number of carbonyl (C=O) groups excluding carboxylic acids is 1. The molecule has 2 aromatic rings. The standard InChI is InChI=1S/C15H12ClF3N2OS/c16-11-2-4-12(5-3-11)23-8-7-20-14(22)10-1-6-13(21-9-10)15(17,18)19/h1-6,9H,7-8H2,(H,20,22). The molecule has 8 heteroatoms. The zero-order valence-corrected chi connectivity index (χ0v) is 13.3. The molecule has 0 radical (unpaired) electrons. The highest BCUT2D eigenvalue weighted by molar-refractivity contribution is 7.99. The SMILES string of the molecule is O=C(NCCSc1ccc(Cl)cc1)c1ccc(C(F)(F)F)nc1.